The van der Waals surface area contributed by atoms with E-state index in [9.17, 15) is 24.9 Å². The normalized spacial score (nSPS) is 48.5. The number of fused-ring (bicyclic) bond motifs is 5. The Labute approximate surface area is 165 Å². The number of ketones is 1. The maximum absolute atomic E-state index is 12.8. The Kier molecular flexibility index (Phi) is 3.93. The van der Waals surface area contributed by atoms with Gasteiger partial charge in [-0.05, 0) is 30.4 Å². The summed E-state index contributed by atoms with van der Waals surface area (Å²) in [5, 5.41) is 33.4. The van der Waals surface area contributed by atoms with Gasteiger partial charge < -0.3 is 20.1 Å². The minimum atomic E-state index is -1.75. The number of carbonyl (C=O) groups excluding carboxylic acids is 2. The smallest absolute Gasteiger partial charge is 0.303 e. The fourth-order valence-corrected chi connectivity index (χ4v) is 6.85. The van der Waals surface area contributed by atoms with E-state index in [0.29, 0.717) is 17.6 Å². The Morgan fingerprint density at radius 3 is 2.50 bits per heavy atom. The van der Waals surface area contributed by atoms with Crippen LogP contribution in [0.25, 0.3) is 0 Å². The third-order valence-electron chi connectivity index (χ3n) is 8.20. The maximum atomic E-state index is 12.8. The van der Waals surface area contributed by atoms with Crippen LogP contribution in [-0.2, 0) is 14.3 Å². The third kappa shape index (κ3) is 2.09. The van der Waals surface area contributed by atoms with Crippen molar-refractivity contribution in [3.8, 4) is 0 Å². The summed E-state index contributed by atoms with van der Waals surface area (Å²) in [4.78, 5) is 24.7. The second kappa shape index (κ2) is 5.55. The number of aliphatic hydroxyl groups is 3. The van der Waals surface area contributed by atoms with Gasteiger partial charge in [0.05, 0.1) is 12.2 Å². The summed E-state index contributed by atoms with van der Waals surface area (Å²) in [6, 6.07) is 0. The second-order valence-corrected chi connectivity index (χ2v) is 9.94. The third-order valence-corrected chi connectivity index (χ3v) is 8.20. The van der Waals surface area contributed by atoms with Gasteiger partial charge in [0, 0.05) is 36.5 Å². The van der Waals surface area contributed by atoms with Gasteiger partial charge in [-0.1, -0.05) is 32.9 Å². The molecule has 3 N–H and O–H groups in total. The molecule has 4 aliphatic rings. The summed E-state index contributed by atoms with van der Waals surface area (Å²) in [5.41, 5.74) is -3.19. The van der Waals surface area contributed by atoms with Crippen LogP contribution < -0.4 is 0 Å². The quantitative estimate of drug-likeness (QED) is 0.488. The number of rotatable bonds is 2. The van der Waals surface area contributed by atoms with Gasteiger partial charge in [0.25, 0.3) is 0 Å². The fraction of sp³-hybridized carbons (Fsp3) is 0.727. The lowest BCUT2D eigenvalue weighted by Gasteiger charge is -2.50. The van der Waals surface area contributed by atoms with Gasteiger partial charge in [0.2, 0.25) is 0 Å². The predicted octanol–water partition coefficient (Wildman–Crippen LogP) is 1.53. The van der Waals surface area contributed by atoms with E-state index in [-0.39, 0.29) is 42.0 Å². The average molecular weight is 390 g/mol. The molecule has 0 aromatic rings. The van der Waals surface area contributed by atoms with Gasteiger partial charge in [-0.25, -0.2) is 0 Å². The van der Waals surface area contributed by atoms with E-state index in [1.165, 1.54) is 6.92 Å². The molecule has 0 spiro atoms. The van der Waals surface area contributed by atoms with Gasteiger partial charge >= 0.3 is 5.97 Å². The van der Waals surface area contributed by atoms with Crippen LogP contribution in [0.5, 0.6) is 0 Å². The lowest BCUT2D eigenvalue weighted by Crippen LogP contribution is -2.61. The Hall–Kier alpha value is -1.50. The molecule has 2 fully saturated rings. The lowest BCUT2D eigenvalue weighted by molar-refractivity contribution is -0.186. The summed E-state index contributed by atoms with van der Waals surface area (Å²) in [7, 11) is 0. The largest absolute Gasteiger partial charge is 0.458 e. The first kappa shape index (κ1) is 19.8. The van der Waals surface area contributed by atoms with Crippen LogP contribution in [0.1, 0.15) is 47.5 Å². The van der Waals surface area contributed by atoms with Crippen molar-refractivity contribution in [3.63, 3.8) is 0 Å². The van der Waals surface area contributed by atoms with E-state index in [4.69, 9.17) is 4.74 Å². The van der Waals surface area contributed by atoms with E-state index in [1.807, 2.05) is 26.8 Å². The minimum Gasteiger partial charge on any atom is -0.458 e. The first-order valence-electron chi connectivity index (χ1n) is 10.0. The molecular weight excluding hydrogens is 360 g/mol. The Morgan fingerprint density at radius 2 is 1.93 bits per heavy atom. The van der Waals surface area contributed by atoms with Crippen LogP contribution in [0.2, 0.25) is 0 Å². The summed E-state index contributed by atoms with van der Waals surface area (Å²) in [5.74, 6) is -2.42. The van der Waals surface area contributed by atoms with E-state index in [0.717, 1.165) is 0 Å². The molecule has 28 heavy (non-hydrogen) atoms. The van der Waals surface area contributed by atoms with Crippen LogP contribution >= 0.6 is 0 Å². The van der Waals surface area contributed by atoms with E-state index in [2.05, 4.69) is 0 Å². The number of hydrogen-bond acceptors (Lipinski definition) is 6. The predicted molar refractivity (Wildman–Crippen MR) is 101 cm³/mol. The summed E-state index contributed by atoms with van der Waals surface area (Å²) in [6.45, 7) is 8.72. The van der Waals surface area contributed by atoms with Crippen LogP contribution in [0.4, 0.5) is 0 Å². The van der Waals surface area contributed by atoms with Gasteiger partial charge in [0.15, 0.2) is 5.78 Å². The minimum absolute atomic E-state index is 0.0000834. The lowest BCUT2D eigenvalue weighted by atomic mass is 9.60. The molecule has 0 amide bonds. The molecular formula is C22H30O6. The van der Waals surface area contributed by atoms with Crippen molar-refractivity contribution in [3.05, 3.63) is 23.3 Å². The average Bonchev–Trinajstić information content (AvgIpc) is 2.99. The van der Waals surface area contributed by atoms with Crippen molar-refractivity contribution < 1.29 is 29.6 Å². The molecule has 6 nitrogen and oxygen atoms in total. The molecule has 4 aliphatic carbocycles. The van der Waals surface area contributed by atoms with Crippen molar-refractivity contribution in [2.24, 2.45) is 29.1 Å². The molecule has 2 saturated carbocycles. The number of aliphatic hydroxyl groups excluding tert-OH is 1. The van der Waals surface area contributed by atoms with Crippen molar-refractivity contribution in [2.75, 3.05) is 6.61 Å². The Morgan fingerprint density at radius 1 is 1.29 bits per heavy atom. The molecule has 154 valence electrons. The molecule has 7 atom stereocenters. The number of hydrogen-bond donors (Lipinski definition) is 3. The molecule has 0 heterocycles. The molecule has 6 heteroatoms. The van der Waals surface area contributed by atoms with Crippen LogP contribution in [0, 0.1) is 29.1 Å². The first-order valence-corrected chi connectivity index (χ1v) is 10.0. The van der Waals surface area contributed by atoms with Crippen molar-refractivity contribution in [1.29, 1.82) is 0 Å². The van der Waals surface area contributed by atoms with Crippen LogP contribution in [0.3, 0.4) is 0 Å². The molecule has 1 unspecified atom stereocenters. The molecule has 0 radical (unpaired) electrons. The highest BCUT2D eigenvalue weighted by atomic mass is 16.6. The number of carbonyl (C=O) groups is 2. The van der Waals surface area contributed by atoms with Crippen LogP contribution in [0.15, 0.2) is 23.3 Å². The number of Topliss-reactive ketones (excluding diaryl/α,β-unsaturated/α-hetero) is 1. The highest BCUT2D eigenvalue weighted by molar-refractivity contribution is 6.04. The van der Waals surface area contributed by atoms with Crippen molar-refractivity contribution >= 4 is 11.8 Å². The second-order valence-electron chi connectivity index (χ2n) is 9.94. The molecule has 0 bridgehead atoms. The number of esters is 1. The zero-order valence-corrected chi connectivity index (χ0v) is 17.2. The molecule has 0 aromatic heterocycles. The Balaban J connectivity index is 1.90. The van der Waals surface area contributed by atoms with Crippen molar-refractivity contribution in [1.82, 2.24) is 0 Å². The van der Waals surface area contributed by atoms with Crippen LogP contribution in [-0.4, -0.2) is 50.5 Å². The van der Waals surface area contributed by atoms with Crippen molar-refractivity contribution in [2.45, 2.75) is 64.3 Å². The maximum Gasteiger partial charge on any atom is 0.303 e. The van der Waals surface area contributed by atoms with Gasteiger partial charge in [0.1, 0.15) is 11.2 Å². The fourth-order valence-electron chi connectivity index (χ4n) is 6.85. The standard InChI is InChI=1S/C22H30O6/c1-11-6-16-20(26,18(11)25)9-14(10-23)7-15-17-19(4,5)21(17,28-13(3)24)8-12(2)22(15,16)27/h6-7,12,15-17,23,26-27H,8-10H2,1-5H3/t12-,15+,16-,17?,20-,21+,22-/m1/s1. The molecule has 0 aromatic carbocycles. The highest BCUT2D eigenvalue weighted by Gasteiger charge is 2.83. The van der Waals surface area contributed by atoms with Gasteiger partial charge in [-0.15, -0.1) is 0 Å². The van der Waals surface area contributed by atoms with Gasteiger partial charge in [-0.3, -0.25) is 9.59 Å². The zero-order valence-electron chi connectivity index (χ0n) is 17.2. The summed E-state index contributed by atoms with van der Waals surface area (Å²) in [6.07, 6.45) is 4.00. The number of ether oxygens (including phenoxy) is 1. The monoisotopic (exact) mass is 390 g/mol. The SMILES string of the molecule is CC(=O)O[C@@]12C[C@@H](C)[C@@]3(O)[C@@H](C=C(CO)C[C@]4(O)C(=O)C(C)=C[C@@H]34)C1C2(C)C. The molecule has 0 saturated heterocycles. The Bertz CT molecular complexity index is 825. The topological polar surface area (TPSA) is 104 Å². The first-order chi connectivity index (χ1) is 12.9. The highest BCUT2D eigenvalue weighted by Crippen LogP contribution is 2.76. The summed E-state index contributed by atoms with van der Waals surface area (Å²) < 4.78 is 5.83. The molecule has 0 aliphatic heterocycles. The van der Waals surface area contributed by atoms with E-state index < -0.39 is 28.6 Å². The zero-order chi connectivity index (χ0) is 20.9. The van der Waals surface area contributed by atoms with Gasteiger partial charge in [-0.2, -0.15) is 0 Å². The summed E-state index contributed by atoms with van der Waals surface area (Å²) >= 11 is 0. The van der Waals surface area contributed by atoms with E-state index in [1.54, 1.807) is 13.0 Å². The molecule has 4 rings (SSSR count). The van der Waals surface area contributed by atoms with E-state index >= 15 is 0 Å².